The molecule has 2 N–H and O–H groups in total. The van der Waals surface area contributed by atoms with Gasteiger partial charge < -0.3 is 5.11 Å². The molecule has 0 aliphatic rings. The van der Waals surface area contributed by atoms with Gasteiger partial charge in [0.1, 0.15) is 6.07 Å². The molecule has 1 rings (SSSR count). The summed E-state index contributed by atoms with van der Waals surface area (Å²) in [5.74, 6) is -1.32. The first-order valence-electron chi connectivity index (χ1n) is 3.00. The Morgan fingerprint density at radius 2 is 2.33 bits per heavy atom. The Kier molecular flexibility index (Phi) is 1.71. The Morgan fingerprint density at radius 3 is 2.67 bits per heavy atom. The first kappa shape index (κ1) is 8.07. The predicted molar refractivity (Wildman–Crippen MR) is 37.7 cm³/mol. The summed E-state index contributed by atoms with van der Waals surface area (Å²) in [6, 6.07) is 1.62. The Morgan fingerprint density at radius 1 is 1.75 bits per heavy atom. The van der Waals surface area contributed by atoms with E-state index >= 15 is 0 Å². The summed E-state index contributed by atoms with van der Waals surface area (Å²) in [4.78, 5) is 23.3. The fraction of sp³-hybridized carbons (Fsp3) is 0.167. The van der Waals surface area contributed by atoms with Crippen LogP contribution in [0, 0.1) is 11.3 Å². The highest BCUT2D eigenvalue weighted by molar-refractivity contribution is 5.87. The third-order valence-electron chi connectivity index (χ3n) is 1.43. The molecule has 1 aromatic heterocycles. The number of rotatable bonds is 1. The van der Waals surface area contributed by atoms with Gasteiger partial charge in [-0.05, 0) is 0 Å². The van der Waals surface area contributed by atoms with Crippen LogP contribution in [0.4, 0.5) is 0 Å². The topological polar surface area (TPSA) is 98.9 Å². The Bertz CT molecular complexity index is 420. The third-order valence-corrected chi connectivity index (χ3v) is 1.43. The van der Waals surface area contributed by atoms with E-state index in [0.29, 0.717) is 0 Å². The molecule has 0 amide bonds. The average Bonchev–Trinajstić information content (AvgIpc) is 2.29. The van der Waals surface area contributed by atoms with Crippen molar-refractivity contribution < 1.29 is 9.90 Å². The second kappa shape index (κ2) is 2.54. The minimum Gasteiger partial charge on any atom is -0.476 e. The Labute approximate surface area is 66.7 Å². The molecular weight excluding hydrogens is 162 g/mol. The van der Waals surface area contributed by atoms with Gasteiger partial charge in [0.15, 0.2) is 11.4 Å². The van der Waals surface area contributed by atoms with Gasteiger partial charge in [-0.25, -0.2) is 9.59 Å². The van der Waals surface area contributed by atoms with Crippen LogP contribution in [0.2, 0.25) is 0 Å². The lowest BCUT2D eigenvalue weighted by molar-refractivity contribution is 0.0690. The number of nitrogens with one attached hydrogen (secondary N) is 1. The number of imidazole rings is 1. The summed E-state index contributed by atoms with van der Waals surface area (Å²) >= 11 is 0. The minimum absolute atomic E-state index is 0.174. The zero-order valence-electron chi connectivity index (χ0n) is 6.16. The van der Waals surface area contributed by atoms with Crippen molar-refractivity contribution in [3.63, 3.8) is 0 Å². The summed E-state index contributed by atoms with van der Waals surface area (Å²) in [7, 11) is 1.32. The molecule has 12 heavy (non-hydrogen) atoms. The van der Waals surface area contributed by atoms with E-state index in [9.17, 15) is 9.59 Å². The molecule has 0 bridgehead atoms. The third kappa shape index (κ3) is 0.971. The van der Waals surface area contributed by atoms with Crippen LogP contribution in [0.3, 0.4) is 0 Å². The van der Waals surface area contributed by atoms with Crippen LogP contribution >= 0.6 is 0 Å². The molecule has 0 atom stereocenters. The fourth-order valence-electron chi connectivity index (χ4n) is 0.805. The van der Waals surface area contributed by atoms with Gasteiger partial charge in [-0.15, -0.1) is 0 Å². The van der Waals surface area contributed by atoms with Gasteiger partial charge in [-0.1, -0.05) is 0 Å². The van der Waals surface area contributed by atoms with Gasteiger partial charge in [0, 0.05) is 7.05 Å². The van der Waals surface area contributed by atoms with E-state index in [1.54, 1.807) is 6.07 Å². The zero-order valence-corrected chi connectivity index (χ0v) is 6.16. The number of aromatic nitrogens is 2. The van der Waals surface area contributed by atoms with Crippen LogP contribution in [0.1, 0.15) is 16.2 Å². The Balaban J connectivity index is 3.53. The number of carboxylic acids is 1. The standard InChI is InChI=1S/C6H5N3O3/c1-9-3(2-7)4(5(10)11)8-6(9)12/h1H3,(H,8,12)(H,10,11). The molecule has 0 aliphatic carbocycles. The summed E-state index contributed by atoms with van der Waals surface area (Å²) in [5.41, 5.74) is -1.15. The van der Waals surface area contributed by atoms with Crippen LogP contribution in [0.25, 0.3) is 0 Å². The number of nitrogens with zero attached hydrogens (tertiary/aromatic N) is 2. The molecule has 0 spiro atoms. The molecule has 6 nitrogen and oxygen atoms in total. The average molecular weight is 167 g/mol. The van der Waals surface area contributed by atoms with Crippen molar-refractivity contribution in [1.82, 2.24) is 9.55 Å². The molecule has 0 aromatic carbocycles. The normalized spacial score (nSPS) is 9.33. The van der Waals surface area contributed by atoms with Crippen molar-refractivity contribution in [2.75, 3.05) is 0 Å². The smallest absolute Gasteiger partial charge is 0.355 e. The van der Waals surface area contributed by atoms with E-state index in [0.717, 1.165) is 4.57 Å². The molecule has 1 heterocycles. The first-order valence-corrected chi connectivity index (χ1v) is 3.00. The van der Waals surface area contributed by atoms with E-state index in [2.05, 4.69) is 0 Å². The highest BCUT2D eigenvalue weighted by Crippen LogP contribution is 1.99. The van der Waals surface area contributed by atoms with Crippen molar-refractivity contribution in [3.8, 4) is 6.07 Å². The van der Waals surface area contributed by atoms with E-state index in [-0.39, 0.29) is 11.4 Å². The highest BCUT2D eigenvalue weighted by atomic mass is 16.4. The maximum absolute atomic E-state index is 10.8. The van der Waals surface area contributed by atoms with Gasteiger partial charge >= 0.3 is 11.7 Å². The summed E-state index contributed by atoms with van der Waals surface area (Å²) in [5, 5.41) is 17.0. The zero-order chi connectivity index (χ0) is 9.30. The van der Waals surface area contributed by atoms with Crippen molar-refractivity contribution in [2.45, 2.75) is 0 Å². The number of carboxylic acid groups (broad SMARTS) is 1. The molecule has 0 unspecified atom stereocenters. The van der Waals surface area contributed by atoms with Crippen molar-refractivity contribution >= 4 is 5.97 Å². The number of aromatic amines is 1. The van der Waals surface area contributed by atoms with Crippen LogP contribution in [-0.4, -0.2) is 20.6 Å². The lowest BCUT2D eigenvalue weighted by Gasteiger charge is -1.89. The van der Waals surface area contributed by atoms with Crippen molar-refractivity contribution in [2.24, 2.45) is 7.05 Å². The van der Waals surface area contributed by atoms with Gasteiger partial charge in [0.25, 0.3) is 0 Å². The molecule has 62 valence electrons. The summed E-state index contributed by atoms with van der Waals surface area (Å²) < 4.78 is 0.948. The van der Waals surface area contributed by atoms with Crippen LogP contribution in [-0.2, 0) is 7.05 Å². The second-order valence-corrected chi connectivity index (χ2v) is 2.13. The molecule has 0 radical (unpaired) electrons. The first-order chi connectivity index (χ1) is 5.57. The van der Waals surface area contributed by atoms with Gasteiger partial charge in [0.05, 0.1) is 0 Å². The maximum atomic E-state index is 10.8. The molecule has 0 saturated heterocycles. The van der Waals surface area contributed by atoms with Crippen LogP contribution < -0.4 is 5.69 Å². The monoisotopic (exact) mass is 167 g/mol. The van der Waals surface area contributed by atoms with Crippen molar-refractivity contribution in [1.29, 1.82) is 5.26 Å². The molecule has 1 aromatic rings. The lowest BCUT2D eigenvalue weighted by Crippen LogP contribution is -2.13. The quantitative estimate of drug-likeness (QED) is 0.576. The number of carbonyl (C=O) groups is 1. The van der Waals surface area contributed by atoms with E-state index in [4.69, 9.17) is 10.4 Å². The van der Waals surface area contributed by atoms with E-state index in [1.807, 2.05) is 4.98 Å². The summed E-state index contributed by atoms with van der Waals surface area (Å²) in [6.07, 6.45) is 0. The van der Waals surface area contributed by atoms with E-state index < -0.39 is 11.7 Å². The molecular formula is C6H5N3O3. The SMILES string of the molecule is Cn1c(C#N)c(C(=O)O)[nH]c1=O. The molecule has 0 fully saturated rings. The van der Waals surface area contributed by atoms with E-state index in [1.165, 1.54) is 7.05 Å². The largest absolute Gasteiger partial charge is 0.476 e. The molecule has 6 heteroatoms. The maximum Gasteiger partial charge on any atom is 0.355 e. The van der Waals surface area contributed by atoms with Gasteiger partial charge in [0.2, 0.25) is 0 Å². The highest BCUT2D eigenvalue weighted by Gasteiger charge is 2.16. The molecule has 0 saturated carbocycles. The number of nitriles is 1. The van der Waals surface area contributed by atoms with Crippen LogP contribution in [0.5, 0.6) is 0 Å². The number of hydrogen-bond acceptors (Lipinski definition) is 3. The van der Waals surface area contributed by atoms with Crippen molar-refractivity contribution in [3.05, 3.63) is 21.9 Å². The van der Waals surface area contributed by atoms with Gasteiger partial charge in [-0.3, -0.25) is 9.55 Å². The Hall–Kier alpha value is -2.03. The number of hydrogen-bond donors (Lipinski definition) is 2. The van der Waals surface area contributed by atoms with Crippen LogP contribution in [0.15, 0.2) is 4.79 Å². The summed E-state index contributed by atoms with van der Waals surface area (Å²) in [6.45, 7) is 0. The minimum atomic E-state index is -1.32. The number of H-pyrrole nitrogens is 1. The lowest BCUT2D eigenvalue weighted by atomic mass is 10.3. The van der Waals surface area contributed by atoms with Gasteiger partial charge in [-0.2, -0.15) is 5.26 Å². The number of aromatic carboxylic acids is 1. The second-order valence-electron chi connectivity index (χ2n) is 2.13. The molecule has 0 aliphatic heterocycles. The predicted octanol–water partition coefficient (Wildman–Crippen LogP) is -0.717. The fourth-order valence-corrected chi connectivity index (χ4v) is 0.805.